The molecule has 1 heterocycles. The molecule has 0 spiro atoms. The molecule has 0 saturated carbocycles. The van der Waals surface area contributed by atoms with Gasteiger partial charge in [0.1, 0.15) is 10.2 Å². The summed E-state index contributed by atoms with van der Waals surface area (Å²) in [5, 5.41) is 9.04. The fraction of sp³-hybridized carbons (Fsp3) is 0.214. The highest BCUT2D eigenvalue weighted by Gasteiger charge is 2.12. The molecule has 1 aromatic heterocycles. The average Bonchev–Trinajstić information content (AvgIpc) is 2.47. The van der Waals surface area contributed by atoms with Crippen molar-refractivity contribution in [2.45, 2.75) is 13.5 Å². The van der Waals surface area contributed by atoms with E-state index in [0.717, 1.165) is 0 Å². The number of aromatic carboxylic acids is 1. The van der Waals surface area contributed by atoms with Gasteiger partial charge in [0.25, 0.3) is 5.56 Å². The Hall–Kier alpha value is -2.15. The summed E-state index contributed by atoms with van der Waals surface area (Å²) in [4.78, 5) is 27.3. The van der Waals surface area contributed by atoms with Crippen molar-refractivity contribution < 1.29 is 14.6 Å². The molecule has 110 valence electrons. The van der Waals surface area contributed by atoms with Crippen LogP contribution >= 0.6 is 15.9 Å². The van der Waals surface area contributed by atoms with Gasteiger partial charge in [0.2, 0.25) is 0 Å². The molecule has 0 aliphatic heterocycles. The number of hydrogen-bond acceptors (Lipinski definition) is 4. The Morgan fingerprint density at radius 2 is 2.19 bits per heavy atom. The van der Waals surface area contributed by atoms with Gasteiger partial charge >= 0.3 is 5.97 Å². The molecule has 0 radical (unpaired) electrons. The number of ether oxygens (including phenoxy) is 1. The lowest BCUT2D eigenvalue weighted by Gasteiger charge is -2.11. The van der Waals surface area contributed by atoms with Crippen LogP contribution in [-0.4, -0.2) is 27.7 Å². The molecular weight excluding hydrogens is 340 g/mol. The summed E-state index contributed by atoms with van der Waals surface area (Å²) < 4.78 is 6.98. The quantitative estimate of drug-likeness (QED) is 0.910. The van der Waals surface area contributed by atoms with Crippen LogP contribution in [0.4, 0.5) is 0 Å². The van der Waals surface area contributed by atoms with Crippen LogP contribution in [0.2, 0.25) is 0 Å². The van der Waals surface area contributed by atoms with E-state index in [9.17, 15) is 9.59 Å². The lowest BCUT2D eigenvalue weighted by Crippen LogP contribution is -2.23. The number of carbonyl (C=O) groups is 1. The van der Waals surface area contributed by atoms with Crippen LogP contribution in [0.15, 0.2) is 33.8 Å². The van der Waals surface area contributed by atoms with Crippen LogP contribution in [0.3, 0.4) is 0 Å². The summed E-state index contributed by atoms with van der Waals surface area (Å²) in [5.74, 6) is -0.516. The number of hydrogen-bond donors (Lipinski definition) is 1. The zero-order valence-electron chi connectivity index (χ0n) is 11.5. The third-order valence-corrected chi connectivity index (χ3v) is 3.94. The highest BCUT2D eigenvalue weighted by atomic mass is 79.9. The monoisotopic (exact) mass is 352 g/mol. The van der Waals surface area contributed by atoms with Crippen LogP contribution in [0.1, 0.15) is 21.6 Å². The van der Waals surface area contributed by atoms with E-state index in [1.807, 2.05) is 0 Å². The van der Waals surface area contributed by atoms with E-state index in [1.165, 1.54) is 30.1 Å². The first-order valence-electron chi connectivity index (χ1n) is 6.05. The van der Waals surface area contributed by atoms with E-state index in [2.05, 4.69) is 20.9 Å². The first kappa shape index (κ1) is 15.2. The fourth-order valence-electron chi connectivity index (χ4n) is 1.88. The minimum absolute atomic E-state index is 0.137. The van der Waals surface area contributed by atoms with Gasteiger partial charge in [-0.3, -0.25) is 9.36 Å². The Kier molecular flexibility index (Phi) is 4.42. The Labute approximate surface area is 129 Å². The van der Waals surface area contributed by atoms with Crippen LogP contribution < -0.4 is 10.3 Å². The second kappa shape index (κ2) is 6.09. The number of aromatic nitrogens is 2. The first-order valence-corrected chi connectivity index (χ1v) is 6.85. The van der Waals surface area contributed by atoms with E-state index >= 15 is 0 Å². The molecule has 0 unspecified atom stereocenters. The molecule has 0 bridgehead atoms. The van der Waals surface area contributed by atoms with Crippen molar-refractivity contribution in [1.29, 1.82) is 0 Å². The third kappa shape index (κ3) is 3.13. The maximum absolute atomic E-state index is 12.1. The van der Waals surface area contributed by atoms with Crippen LogP contribution in [-0.2, 0) is 6.54 Å². The minimum Gasteiger partial charge on any atom is -0.496 e. The number of carboxylic acids is 1. The standard InChI is InChI=1S/C14H13BrN2O4/c1-8-12(15)13(18)17(7-16-8)6-10-5-9(14(19)20)3-4-11(10)21-2/h3-5,7H,6H2,1-2H3,(H,19,20). The number of methoxy groups -OCH3 is 1. The lowest BCUT2D eigenvalue weighted by molar-refractivity contribution is 0.0696. The van der Waals surface area contributed by atoms with Gasteiger partial charge in [-0.1, -0.05) is 0 Å². The summed E-state index contributed by atoms with van der Waals surface area (Å²) in [6.07, 6.45) is 1.43. The Morgan fingerprint density at radius 1 is 1.48 bits per heavy atom. The van der Waals surface area contributed by atoms with Gasteiger partial charge in [0.15, 0.2) is 0 Å². The van der Waals surface area contributed by atoms with E-state index in [-0.39, 0.29) is 17.7 Å². The smallest absolute Gasteiger partial charge is 0.335 e. The molecule has 2 aromatic rings. The van der Waals surface area contributed by atoms with Crippen LogP contribution in [0.25, 0.3) is 0 Å². The summed E-state index contributed by atoms with van der Waals surface area (Å²) >= 11 is 3.20. The van der Waals surface area contributed by atoms with Gasteiger partial charge < -0.3 is 9.84 Å². The van der Waals surface area contributed by atoms with Gasteiger partial charge in [-0.05, 0) is 41.1 Å². The topological polar surface area (TPSA) is 81.4 Å². The molecule has 0 fully saturated rings. The Bertz CT molecular complexity index is 755. The van der Waals surface area contributed by atoms with Gasteiger partial charge in [0.05, 0.1) is 31.2 Å². The van der Waals surface area contributed by atoms with E-state index in [4.69, 9.17) is 9.84 Å². The number of benzene rings is 1. The van der Waals surface area contributed by atoms with Gasteiger partial charge in [0, 0.05) is 5.56 Å². The van der Waals surface area contributed by atoms with E-state index < -0.39 is 5.97 Å². The third-order valence-electron chi connectivity index (χ3n) is 3.03. The molecule has 6 nitrogen and oxygen atoms in total. The van der Waals surface area contributed by atoms with Gasteiger partial charge in [-0.25, -0.2) is 9.78 Å². The predicted molar refractivity (Wildman–Crippen MR) is 80.0 cm³/mol. The predicted octanol–water partition coefficient (Wildman–Crippen LogP) is 2.07. The number of rotatable bonds is 4. The van der Waals surface area contributed by atoms with Crippen LogP contribution in [0.5, 0.6) is 5.75 Å². The van der Waals surface area contributed by atoms with Gasteiger partial charge in [-0.15, -0.1) is 0 Å². The van der Waals surface area contributed by atoms with E-state index in [1.54, 1.807) is 13.0 Å². The average molecular weight is 353 g/mol. The van der Waals surface area contributed by atoms with Crippen LogP contribution in [0, 0.1) is 6.92 Å². The zero-order chi connectivity index (χ0) is 15.6. The SMILES string of the molecule is COc1ccc(C(=O)O)cc1Cn1cnc(C)c(Br)c1=O. The first-order chi connectivity index (χ1) is 9.93. The number of nitrogens with zero attached hydrogens (tertiary/aromatic N) is 2. The van der Waals surface area contributed by atoms with Gasteiger partial charge in [-0.2, -0.15) is 0 Å². The van der Waals surface area contributed by atoms with Crippen molar-refractivity contribution in [3.05, 3.63) is 56.2 Å². The maximum atomic E-state index is 12.1. The van der Waals surface area contributed by atoms with Crippen molar-refractivity contribution in [2.24, 2.45) is 0 Å². The van der Waals surface area contributed by atoms with Crippen molar-refractivity contribution in [3.8, 4) is 5.75 Å². The van der Waals surface area contributed by atoms with Crippen molar-refractivity contribution >= 4 is 21.9 Å². The summed E-state index contributed by atoms with van der Waals surface area (Å²) in [5.41, 5.74) is 1.10. The highest BCUT2D eigenvalue weighted by Crippen LogP contribution is 2.21. The number of carboxylic acid groups (broad SMARTS) is 1. The van der Waals surface area contributed by atoms with Crippen molar-refractivity contribution in [3.63, 3.8) is 0 Å². The van der Waals surface area contributed by atoms with E-state index in [0.29, 0.717) is 21.5 Å². The molecule has 0 atom stereocenters. The lowest BCUT2D eigenvalue weighted by atomic mass is 10.1. The van der Waals surface area contributed by atoms with Crippen molar-refractivity contribution in [1.82, 2.24) is 9.55 Å². The second-order valence-electron chi connectivity index (χ2n) is 4.41. The summed E-state index contributed by atoms with van der Waals surface area (Å²) in [6, 6.07) is 4.51. The largest absolute Gasteiger partial charge is 0.496 e. The molecule has 1 aromatic carbocycles. The molecule has 0 aliphatic rings. The normalized spacial score (nSPS) is 10.4. The molecular formula is C14H13BrN2O4. The molecule has 0 aliphatic carbocycles. The second-order valence-corrected chi connectivity index (χ2v) is 5.20. The molecule has 0 amide bonds. The Balaban J connectivity index is 2.48. The zero-order valence-corrected chi connectivity index (χ0v) is 13.0. The minimum atomic E-state index is -1.03. The molecule has 2 rings (SSSR count). The molecule has 21 heavy (non-hydrogen) atoms. The molecule has 0 saturated heterocycles. The fourth-order valence-corrected chi connectivity index (χ4v) is 2.21. The van der Waals surface area contributed by atoms with Crippen molar-refractivity contribution in [2.75, 3.05) is 7.11 Å². The maximum Gasteiger partial charge on any atom is 0.335 e. The number of halogens is 1. The Morgan fingerprint density at radius 3 is 2.81 bits per heavy atom. The summed E-state index contributed by atoms with van der Waals surface area (Å²) in [7, 11) is 1.49. The highest BCUT2D eigenvalue weighted by molar-refractivity contribution is 9.10. The number of aryl methyl sites for hydroxylation is 1. The summed E-state index contributed by atoms with van der Waals surface area (Å²) in [6.45, 7) is 1.90. The molecule has 1 N–H and O–H groups in total. The molecule has 7 heteroatoms.